The van der Waals surface area contributed by atoms with Crippen LogP contribution >= 0.6 is 23.4 Å². The molecule has 0 aliphatic rings. The number of halogens is 1. The average Bonchev–Trinajstić information content (AvgIpc) is 2.98. The minimum atomic E-state index is -0.343. The third-order valence-corrected chi connectivity index (χ3v) is 5.28. The van der Waals surface area contributed by atoms with E-state index in [-0.39, 0.29) is 11.2 Å². The standard InChI is InChI=1S/C19H19ClN4OS/c1-13(18(25)21-17-11-7-6-10-16(17)20)26-19-23-22-14(2)24(19)12-15-8-4-3-5-9-15/h3-11,13H,12H2,1-2H3,(H,21,25). The van der Waals surface area contributed by atoms with Gasteiger partial charge in [0.25, 0.3) is 0 Å². The molecule has 1 aromatic heterocycles. The van der Waals surface area contributed by atoms with Crippen molar-refractivity contribution < 1.29 is 4.79 Å². The van der Waals surface area contributed by atoms with Gasteiger partial charge in [0.2, 0.25) is 5.91 Å². The topological polar surface area (TPSA) is 59.8 Å². The molecule has 0 radical (unpaired) electrons. The molecule has 1 atom stereocenters. The van der Waals surface area contributed by atoms with Gasteiger partial charge >= 0.3 is 0 Å². The third kappa shape index (κ3) is 4.45. The number of anilines is 1. The van der Waals surface area contributed by atoms with Crippen LogP contribution in [0, 0.1) is 6.92 Å². The van der Waals surface area contributed by atoms with E-state index < -0.39 is 0 Å². The number of para-hydroxylation sites is 1. The van der Waals surface area contributed by atoms with Crippen LogP contribution in [0.4, 0.5) is 5.69 Å². The Morgan fingerprint density at radius 1 is 1.15 bits per heavy atom. The van der Waals surface area contributed by atoms with Gasteiger partial charge in [-0.2, -0.15) is 0 Å². The minimum Gasteiger partial charge on any atom is -0.324 e. The van der Waals surface area contributed by atoms with Crippen molar-refractivity contribution >= 4 is 35.0 Å². The summed E-state index contributed by atoms with van der Waals surface area (Å²) in [5.74, 6) is 0.685. The molecule has 3 aromatic rings. The Hall–Kier alpha value is -2.31. The van der Waals surface area contributed by atoms with Gasteiger partial charge in [-0.15, -0.1) is 10.2 Å². The Bertz CT molecular complexity index is 898. The van der Waals surface area contributed by atoms with Crippen LogP contribution in [0.1, 0.15) is 18.3 Å². The molecule has 0 aliphatic carbocycles. The van der Waals surface area contributed by atoms with Crippen LogP contribution < -0.4 is 5.32 Å². The molecular formula is C19H19ClN4OS. The van der Waals surface area contributed by atoms with Crippen molar-refractivity contribution in [3.63, 3.8) is 0 Å². The predicted molar refractivity (Wildman–Crippen MR) is 106 cm³/mol. The van der Waals surface area contributed by atoms with E-state index in [9.17, 15) is 4.79 Å². The highest BCUT2D eigenvalue weighted by Crippen LogP contribution is 2.26. The van der Waals surface area contributed by atoms with Gasteiger partial charge in [-0.05, 0) is 31.5 Å². The number of nitrogens with one attached hydrogen (secondary N) is 1. The zero-order valence-electron chi connectivity index (χ0n) is 14.5. The Labute approximate surface area is 161 Å². The van der Waals surface area contributed by atoms with Crippen molar-refractivity contribution in [1.82, 2.24) is 14.8 Å². The summed E-state index contributed by atoms with van der Waals surface area (Å²) in [5, 5.41) is 12.1. The quantitative estimate of drug-likeness (QED) is 0.637. The molecule has 1 unspecified atom stereocenters. The fourth-order valence-corrected chi connectivity index (χ4v) is 3.48. The highest BCUT2D eigenvalue weighted by molar-refractivity contribution is 8.00. The number of aromatic nitrogens is 3. The Morgan fingerprint density at radius 2 is 1.85 bits per heavy atom. The number of rotatable bonds is 6. The molecule has 1 heterocycles. The summed E-state index contributed by atoms with van der Waals surface area (Å²) in [7, 11) is 0. The highest BCUT2D eigenvalue weighted by atomic mass is 35.5. The van der Waals surface area contributed by atoms with Gasteiger partial charge in [0.1, 0.15) is 5.82 Å². The van der Waals surface area contributed by atoms with Gasteiger partial charge in [0, 0.05) is 0 Å². The molecule has 0 saturated carbocycles. The monoisotopic (exact) mass is 386 g/mol. The van der Waals surface area contributed by atoms with Crippen LogP contribution in [0.2, 0.25) is 5.02 Å². The lowest BCUT2D eigenvalue weighted by Gasteiger charge is -2.14. The molecule has 0 saturated heterocycles. The first-order valence-corrected chi connectivity index (χ1v) is 9.46. The first-order valence-electron chi connectivity index (χ1n) is 8.20. The van der Waals surface area contributed by atoms with E-state index in [0.29, 0.717) is 22.4 Å². The summed E-state index contributed by atoms with van der Waals surface area (Å²) in [6, 6.07) is 17.3. The molecule has 1 N–H and O–H groups in total. The molecule has 5 nitrogen and oxygen atoms in total. The molecule has 0 bridgehead atoms. The maximum absolute atomic E-state index is 12.5. The second-order valence-corrected chi connectivity index (χ2v) is 7.55. The Morgan fingerprint density at radius 3 is 2.58 bits per heavy atom. The van der Waals surface area contributed by atoms with Crippen molar-refractivity contribution in [3.05, 3.63) is 71.0 Å². The third-order valence-electron chi connectivity index (χ3n) is 3.87. The number of aryl methyl sites for hydroxylation is 1. The van der Waals surface area contributed by atoms with Gasteiger partial charge in [-0.25, -0.2) is 0 Å². The normalized spacial score (nSPS) is 12.0. The molecule has 2 aromatic carbocycles. The number of nitrogens with zero attached hydrogens (tertiary/aromatic N) is 3. The number of thioether (sulfide) groups is 1. The van der Waals surface area contributed by atoms with Crippen LogP contribution in [-0.2, 0) is 11.3 Å². The summed E-state index contributed by atoms with van der Waals surface area (Å²) < 4.78 is 2.01. The van der Waals surface area contributed by atoms with Crippen LogP contribution in [0.5, 0.6) is 0 Å². The molecule has 26 heavy (non-hydrogen) atoms. The zero-order valence-corrected chi connectivity index (χ0v) is 16.1. The van der Waals surface area contributed by atoms with Crippen molar-refractivity contribution in [2.24, 2.45) is 0 Å². The van der Waals surface area contributed by atoms with Gasteiger partial charge in [-0.3, -0.25) is 4.79 Å². The molecule has 0 fully saturated rings. The summed E-state index contributed by atoms with van der Waals surface area (Å²) in [5.41, 5.74) is 1.76. The number of amides is 1. The van der Waals surface area contributed by atoms with E-state index in [0.717, 1.165) is 11.4 Å². The second kappa shape index (κ2) is 8.38. The predicted octanol–water partition coefficient (Wildman–Crippen LogP) is 4.41. The number of carbonyl (C=O) groups excluding carboxylic acids is 1. The van der Waals surface area contributed by atoms with Crippen molar-refractivity contribution in [3.8, 4) is 0 Å². The maximum atomic E-state index is 12.5. The highest BCUT2D eigenvalue weighted by Gasteiger charge is 2.20. The molecule has 3 rings (SSSR count). The van der Waals surface area contributed by atoms with E-state index in [1.54, 1.807) is 12.1 Å². The lowest BCUT2D eigenvalue weighted by Crippen LogP contribution is -2.23. The van der Waals surface area contributed by atoms with Gasteiger partial charge < -0.3 is 9.88 Å². The van der Waals surface area contributed by atoms with Crippen LogP contribution in [0.25, 0.3) is 0 Å². The summed E-state index contributed by atoms with van der Waals surface area (Å²) in [4.78, 5) is 12.5. The largest absolute Gasteiger partial charge is 0.324 e. The minimum absolute atomic E-state index is 0.130. The molecule has 134 valence electrons. The van der Waals surface area contributed by atoms with Crippen LogP contribution in [0.3, 0.4) is 0 Å². The van der Waals surface area contributed by atoms with Crippen LogP contribution in [-0.4, -0.2) is 25.9 Å². The fourth-order valence-electron chi connectivity index (χ4n) is 2.41. The van der Waals surface area contributed by atoms with E-state index >= 15 is 0 Å². The van der Waals surface area contributed by atoms with E-state index in [1.807, 2.05) is 48.7 Å². The molecule has 0 aliphatic heterocycles. The van der Waals surface area contributed by atoms with Gasteiger partial charge in [-0.1, -0.05) is 65.8 Å². The zero-order chi connectivity index (χ0) is 18.5. The fraction of sp³-hybridized carbons (Fsp3) is 0.211. The maximum Gasteiger partial charge on any atom is 0.237 e. The molecule has 7 heteroatoms. The van der Waals surface area contributed by atoms with E-state index in [1.165, 1.54) is 11.8 Å². The first-order chi connectivity index (χ1) is 12.5. The van der Waals surface area contributed by atoms with E-state index in [4.69, 9.17) is 11.6 Å². The average molecular weight is 387 g/mol. The number of hydrogen-bond acceptors (Lipinski definition) is 4. The number of benzene rings is 2. The van der Waals surface area contributed by atoms with Gasteiger partial charge in [0.05, 0.1) is 22.5 Å². The smallest absolute Gasteiger partial charge is 0.237 e. The summed E-state index contributed by atoms with van der Waals surface area (Å²) in [6.45, 7) is 4.42. The molecule has 0 spiro atoms. The SMILES string of the molecule is Cc1nnc(SC(C)C(=O)Nc2ccccc2Cl)n1Cc1ccccc1. The van der Waals surface area contributed by atoms with E-state index in [2.05, 4.69) is 27.6 Å². The Balaban J connectivity index is 1.70. The number of hydrogen-bond donors (Lipinski definition) is 1. The summed E-state index contributed by atoms with van der Waals surface area (Å²) >= 11 is 7.48. The first kappa shape index (κ1) is 18.5. The second-order valence-electron chi connectivity index (χ2n) is 5.83. The lowest BCUT2D eigenvalue weighted by molar-refractivity contribution is -0.115. The van der Waals surface area contributed by atoms with Crippen molar-refractivity contribution in [2.75, 3.05) is 5.32 Å². The summed E-state index contributed by atoms with van der Waals surface area (Å²) in [6.07, 6.45) is 0. The van der Waals surface area contributed by atoms with Crippen molar-refractivity contribution in [1.29, 1.82) is 0 Å². The lowest BCUT2D eigenvalue weighted by atomic mass is 10.2. The Kier molecular flexibility index (Phi) is 5.96. The molecule has 1 amide bonds. The van der Waals surface area contributed by atoms with Crippen LogP contribution in [0.15, 0.2) is 59.8 Å². The molecular weight excluding hydrogens is 368 g/mol. The number of carbonyl (C=O) groups is 1. The van der Waals surface area contributed by atoms with Gasteiger partial charge in [0.15, 0.2) is 5.16 Å². The van der Waals surface area contributed by atoms with Crippen molar-refractivity contribution in [2.45, 2.75) is 30.8 Å².